The summed E-state index contributed by atoms with van der Waals surface area (Å²) in [6.45, 7) is 0. The van der Waals surface area contributed by atoms with Crippen molar-refractivity contribution in [2.75, 3.05) is 0 Å². The van der Waals surface area contributed by atoms with Crippen molar-refractivity contribution in [3.05, 3.63) is 108 Å². The van der Waals surface area contributed by atoms with Crippen LogP contribution >= 0.6 is 15.9 Å². The summed E-state index contributed by atoms with van der Waals surface area (Å²) in [6, 6.07) is 37.3. The summed E-state index contributed by atoms with van der Waals surface area (Å²) < 4.78 is 1.10. The Morgan fingerprint density at radius 1 is 0.414 bits per heavy atom. The smallest absolute Gasteiger partial charge is 0.0175 e. The highest BCUT2D eigenvalue weighted by Crippen LogP contribution is 2.54. The van der Waals surface area contributed by atoms with Gasteiger partial charge in [0.15, 0.2) is 0 Å². The van der Waals surface area contributed by atoms with Crippen LogP contribution < -0.4 is 0 Å². The predicted octanol–water partition coefficient (Wildman–Crippen LogP) is 8.58. The Hall–Kier alpha value is -3.16. The van der Waals surface area contributed by atoms with Gasteiger partial charge in [-0.2, -0.15) is 0 Å². The standard InChI is InChI=1S/C28H17Br/c29-21-14-12-19(13-15-21)23-17-16-22(18-6-2-1-3-7-18)27-24-10-4-8-20-9-5-11-25(26(20)24)28(23)27/h1-17H. The predicted molar refractivity (Wildman–Crippen MR) is 127 cm³/mol. The highest BCUT2D eigenvalue weighted by atomic mass is 79.9. The second kappa shape index (κ2) is 6.43. The molecule has 0 amide bonds. The third-order valence-electron chi connectivity index (χ3n) is 5.89. The van der Waals surface area contributed by atoms with Gasteiger partial charge in [0.25, 0.3) is 0 Å². The highest BCUT2D eigenvalue weighted by Gasteiger charge is 2.27. The van der Waals surface area contributed by atoms with Crippen LogP contribution in [0.25, 0.3) is 55.3 Å². The van der Waals surface area contributed by atoms with Gasteiger partial charge in [-0.25, -0.2) is 0 Å². The van der Waals surface area contributed by atoms with E-state index in [1.165, 1.54) is 55.3 Å². The summed E-state index contributed by atoms with van der Waals surface area (Å²) in [7, 11) is 0. The largest absolute Gasteiger partial charge is 0.0622 e. The number of rotatable bonds is 2. The molecule has 0 saturated heterocycles. The maximum Gasteiger partial charge on any atom is 0.0175 e. The molecule has 0 fully saturated rings. The van der Waals surface area contributed by atoms with Gasteiger partial charge in [-0.05, 0) is 67.4 Å². The molecule has 0 unspecified atom stereocenters. The zero-order chi connectivity index (χ0) is 19.4. The lowest BCUT2D eigenvalue weighted by atomic mass is 9.88. The molecule has 136 valence electrons. The average molecular weight is 433 g/mol. The number of hydrogen-bond donors (Lipinski definition) is 0. The number of hydrogen-bond acceptors (Lipinski definition) is 0. The second-order valence-corrected chi connectivity index (χ2v) is 8.41. The van der Waals surface area contributed by atoms with Crippen LogP contribution in [0.15, 0.2) is 108 Å². The minimum atomic E-state index is 1.10. The van der Waals surface area contributed by atoms with Gasteiger partial charge in [-0.15, -0.1) is 0 Å². The fourth-order valence-electron chi connectivity index (χ4n) is 4.65. The van der Waals surface area contributed by atoms with Crippen LogP contribution in [0.5, 0.6) is 0 Å². The molecular weight excluding hydrogens is 416 g/mol. The highest BCUT2D eigenvalue weighted by molar-refractivity contribution is 9.10. The van der Waals surface area contributed by atoms with Crippen molar-refractivity contribution >= 4 is 26.7 Å². The van der Waals surface area contributed by atoms with E-state index in [1.807, 2.05) is 0 Å². The third-order valence-corrected chi connectivity index (χ3v) is 6.42. The van der Waals surface area contributed by atoms with Crippen LogP contribution in [0.1, 0.15) is 0 Å². The van der Waals surface area contributed by atoms with Crippen LogP contribution in [0.3, 0.4) is 0 Å². The topological polar surface area (TPSA) is 0 Å². The summed E-state index contributed by atoms with van der Waals surface area (Å²) in [5.74, 6) is 0. The monoisotopic (exact) mass is 432 g/mol. The second-order valence-electron chi connectivity index (χ2n) is 7.49. The molecule has 0 saturated carbocycles. The Morgan fingerprint density at radius 3 is 1.55 bits per heavy atom. The molecule has 0 N–H and O–H groups in total. The molecule has 6 rings (SSSR count). The molecule has 1 aliphatic carbocycles. The maximum atomic E-state index is 3.57. The van der Waals surface area contributed by atoms with Crippen molar-refractivity contribution in [2.24, 2.45) is 0 Å². The summed E-state index contributed by atoms with van der Waals surface area (Å²) in [5.41, 5.74) is 10.5. The van der Waals surface area contributed by atoms with Gasteiger partial charge in [0.05, 0.1) is 0 Å². The first kappa shape index (κ1) is 16.8. The molecular formula is C28H17Br. The Kier molecular flexibility index (Phi) is 3.72. The minimum Gasteiger partial charge on any atom is -0.0622 e. The molecule has 1 heteroatoms. The normalized spacial score (nSPS) is 11.6. The van der Waals surface area contributed by atoms with Crippen molar-refractivity contribution in [3.63, 3.8) is 0 Å². The van der Waals surface area contributed by atoms with E-state index in [9.17, 15) is 0 Å². The van der Waals surface area contributed by atoms with Gasteiger partial charge >= 0.3 is 0 Å². The van der Waals surface area contributed by atoms with E-state index in [1.54, 1.807) is 0 Å². The molecule has 0 atom stereocenters. The molecule has 0 bridgehead atoms. The lowest BCUT2D eigenvalue weighted by Crippen LogP contribution is -1.89. The number of halogens is 1. The first-order valence-electron chi connectivity index (χ1n) is 9.82. The van der Waals surface area contributed by atoms with Crippen LogP contribution in [-0.4, -0.2) is 0 Å². The number of benzene rings is 5. The Morgan fingerprint density at radius 2 is 0.966 bits per heavy atom. The maximum absolute atomic E-state index is 3.57. The van der Waals surface area contributed by atoms with E-state index in [0.717, 1.165) is 4.47 Å². The van der Waals surface area contributed by atoms with Crippen LogP contribution in [0.4, 0.5) is 0 Å². The molecule has 1 aliphatic rings. The van der Waals surface area contributed by atoms with Crippen LogP contribution in [0.2, 0.25) is 0 Å². The van der Waals surface area contributed by atoms with E-state index < -0.39 is 0 Å². The molecule has 0 nitrogen and oxygen atoms in total. The Labute approximate surface area is 178 Å². The summed E-state index contributed by atoms with van der Waals surface area (Å²) in [6.07, 6.45) is 0. The SMILES string of the molecule is Brc1ccc(-c2ccc(-c3ccccc3)c3c2-c2cccc4cccc-3c24)cc1. The summed E-state index contributed by atoms with van der Waals surface area (Å²) >= 11 is 3.57. The van der Waals surface area contributed by atoms with Crippen molar-refractivity contribution in [2.45, 2.75) is 0 Å². The quantitative estimate of drug-likeness (QED) is 0.257. The average Bonchev–Trinajstić information content (AvgIpc) is 3.12. The molecule has 5 aromatic carbocycles. The molecule has 0 aliphatic heterocycles. The van der Waals surface area contributed by atoms with E-state index in [-0.39, 0.29) is 0 Å². The molecule has 0 radical (unpaired) electrons. The van der Waals surface area contributed by atoms with E-state index in [0.29, 0.717) is 0 Å². The molecule has 5 aromatic rings. The fourth-order valence-corrected chi connectivity index (χ4v) is 4.91. The summed E-state index contributed by atoms with van der Waals surface area (Å²) in [5, 5.41) is 2.67. The first-order valence-corrected chi connectivity index (χ1v) is 10.6. The van der Waals surface area contributed by atoms with E-state index in [2.05, 4.69) is 119 Å². The van der Waals surface area contributed by atoms with Gasteiger partial charge in [0, 0.05) is 4.47 Å². The molecule has 0 heterocycles. The van der Waals surface area contributed by atoms with Crippen molar-refractivity contribution in [1.82, 2.24) is 0 Å². The third kappa shape index (κ3) is 2.51. The fraction of sp³-hybridized carbons (Fsp3) is 0. The van der Waals surface area contributed by atoms with E-state index >= 15 is 0 Å². The zero-order valence-electron chi connectivity index (χ0n) is 15.7. The minimum absolute atomic E-state index is 1.10. The van der Waals surface area contributed by atoms with Gasteiger partial charge < -0.3 is 0 Å². The molecule has 0 spiro atoms. The van der Waals surface area contributed by atoms with E-state index in [4.69, 9.17) is 0 Å². The zero-order valence-corrected chi connectivity index (χ0v) is 17.3. The molecule has 29 heavy (non-hydrogen) atoms. The molecule has 0 aromatic heterocycles. The lowest BCUT2D eigenvalue weighted by molar-refractivity contribution is 1.58. The van der Waals surface area contributed by atoms with Crippen molar-refractivity contribution in [3.8, 4) is 44.5 Å². The van der Waals surface area contributed by atoms with Gasteiger partial charge in [-0.1, -0.05) is 107 Å². The van der Waals surface area contributed by atoms with Gasteiger partial charge in [0.2, 0.25) is 0 Å². The van der Waals surface area contributed by atoms with Crippen LogP contribution in [0, 0.1) is 0 Å². The Balaban J connectivity index is 1.75. The van der Waals surface area contributed by atoms with Gasteiger partial charge in [-0.3, -0.25) is 0 Å². The number of fused-ring (bicyclic) bond motifs is 3. The lowest BCUT2D eigenvalue weighted by Gasteiger charge is -2.15. The van der Waals surface area contributed by atoms with Gasteiger partial charge in [0.1, 0.15) is 0 Å². The van der Waals surface area contributed by atoms with Crippen LogP contribution in [-0.2, 0) is 0 Å². The Bertz CT molecular complexity index is 1370. The van der Waals surface area contributed by atoms with Crippen molar-refractivity contribution < 1.29 is 0 Å². The van der Waals surface area contributed by atoms with Crippen molar-refractivity contribution in [1.29, 1.82) is 0 Å². The first-order chi connectivity index (χ1) is 14.3. The summed E-state index contributed by atoms with van der Waals surface area (Å²) in [4.78, 5) is 0.